The third-order valence-corrected chi connectivity index (χ3v) is 4.79. The number of aryl methyl sites for hydroxylation is 1. The van der Waals surface area contributed by atoms with Gasteiger partial charge in [-0.2, -0.15) is 0 Å². The summed E-state index contributed by atoms with van der Waals surface area (Å²) in [5.41, 5.74) is 2.63. The second kappa shape index (κ2) is 8.12. The monoisotopic (exact) mass is 339 g/mol. The first-order valence-electron chi connectivity index (χ1n) is 8.83. The van der Waals surface area contributed by atoms with Gasteiger partial charge in [-0.3, -0.25) is 9.78 Å². The lowest BCUT2D eigenvalue weighted by molar-refractivity contribution is 0.0909. The number of aromatic hydroxyl groups is 1. The molecule has 25 heavy (non-hydrogen) atoms. The lowest BCUT2D eigenvalue weighted by atomic mass is 10.0. The number of benzene rings is 1. The number of hydrogen-bond acceptors (Lipinski definition) is 4. The maximum Gasteiger partial charge on any atom is 0.255 e. The highest BCUT2D eigenvalue weighted by Crippen LogP contribution is 2.19. The second-order valence-corrected chi connectivity index (χ2v) is 6.72. The van der Waals surface area contributed by atoms with Crippen molar-refractivity contribution in [2.45, 2.75) is 32.2 Å². The van der Waals surface area contributed by atoms with Crippen LogP contribution in [0.4, 0.5) is 0 Å². The highest BCUT2D eigenvalue weighted by atomic mass is 16.3. The largest absolute Gasteiger partial charge is 0.507 e. The van der Waals surface area contributed by atoms with Crippen molar-refractivity contribution >= 4 is 5.91 Å². The molecule has 1 amide bonds. The molecule has 5 heteroatoms. The number of aromatic nitrogens is 1. The molecule has 0 bridgehead atoms. The Morgan fingerprint density at radius 1 is 1.24 bits per heavy atom. The number of hydrogen-bond donors (Lipinski definition) is 2. The maximum atomic E-state index is 12.4. The van der Waals surface area contributed by atoms with Crippen LogP contribution in [0, 0.1) is 6.92 Å². The predicted molar refractivity (Wildman–Crippen MR) is 97.7 cm³/mol. The van der Waals surface area contributed by atoms with E-state index in [0.29, 0.717) is 5.56 Å². The molecule has 0 aliphatic carbocycles. The summed E-state index contributed by atoms with van der Waals surface area (Å²) in [7, 11) is 0. The third kappa shape index (κ3) is 4.79. The Hall–Kier alpha value is -2.40. The van der Waals surface area contributed by atoms with E-state index in [9.17, 15) is 9.90 Å². The number of pyridine rings is 1. The highest BCUT2D eigenvalue weighted by Gasteiger charge is 2.22. The van der Waals surface area contributed by atoms with Gasteiger partial charge in [0, 0.05) is 38.1 Å². The number of carbonyl (C=O) groups is 1. The van der Waals surface area contributed by atoms with Crippen LogP contribution in [0.15, 0.2) is 42.7 Å². The van der Waals surface area contributed by atoms with Crippen LogP contribution < -0.4 is 5.32 Å². The Balaban J connectivity index is 1.46. The summed E-state index contributed by atoms with van der Waals surface area (Å²) in [6.07, 6.45) is 6.57. The van der Waals surface area contributed by atoms with E-state index in [0.717, 1.165) is 44.5 Å². The molecule has 2 aromatic rings. The molecule has 1 aliphatic rings. The fourth-order valence-electron chi connectivity index (χ4n) is 3.23. The number of phenolic OH excluding ortho intramolecular Hbond substituents is 1. The zero-order valence-electron chi connectivity index (χ0n) is 14.6. The molecule has 0 atom stereocenters. The Morgan fingerprint density at radius 3 is 2.68 bits per heavy atom. The van der Waals surface area contributed by atoms with Gasteiger partial charge in [0.1, 0.15) is 5.75 Å². The Labute approximate surface area is 148 Å². The highest BCUT2D eigenvalue weighted by molar-refractivity contribution is 5.97. The van der Waals surface area contributed by atoms with Crippen LogP contribution in [-0.2, 0) is 6.42 Å². The summed E-state index contributed by atoms with van der Waals surface area (Å²) >= 11 is 0. The molecule has 0 radical (unpaired) electrons. The molecule has 1 aromatic heterocycles. The van der Waals surface area contributed by atoms with Crippen molar-refractivity contribution in [2.24, 2.45) is 0 Å². The smallest absolute Gasteiger partial charge is 0.255 e. The topological polar surface area (TPSA) is 65.5 Å². The van der Waals surface area contributed by atoms with E-state index in [1.54, 1.807) is 18.2 Å². The van der Waals surface area contributed by atoms with Gasteiger partial charge < -0.3 is 15.3 Å². The minimum Gasteiger partial charge on any atom is -0.507 e. The second-order valence-electron chi connectivity index (χ2n) is 6.72. The van der Waals surface area contributed by atoms with Crippen molar-refractivity contribution in [3.63, 3.8) is 0 Å². The summed E-state index contributed by atoms with van der Waals surface area (Å²) in [6, 6.07) is 9.39. The number of carbonyl (C=O) groups excluding carboxylic acids is 1. The molecule has 2 N–H and O–H groups in total. The van der Waals surface area contributed by atoms with E-state index >= 15 is 0 Å². The van der Waals surface area contributed by atoms with Crippen LogP contribution in [0.1, 0.15) is 34.3 Å². The molecule has 1 aromatic carbocycles. The molecule has 0 saturated carbocycles. The fraction of sp³-hybridized carbons (Fsp3) is 0.400. The summed E-state index contributed by atoms with van der Waals surface area (Å²) in [4.78, 5) is 18.9. The van der Waals surface area contributed by atoms with E-state index in [4.69, 9.17) is 0 Å². The van der Waals surface area contributed by atoms with E-state index in [1.807, 2.05) is 19.3 Å². The van der Waals surface area contributed by atoms with Crippen LogP contribution in [0.5, 0.6) is 5.75 Å². The molecule has 1 fully saturated rings. The number of phenols is 1. The summed E-state index contributed by atoms with van der Waals surface area (Å²) < 4.78 is 0. The number of likely N-dealkylation sites (tertiary alicyclic amines) is 1. The zero-order chi connectivity index (χ0) is 17.6. The first-order chi connectivity index (χ1) is 12.1. The van der Waals surface area contributed by atoms with Gasteiger partial charge in [0.15, 0.2) is 0 Å². The van der Waals surface area contributed by atoms with Crippen LogP contribution in [0.25, 0.3) is 0 Å². The van der Waals surface area contributed by atoms with Gasteiger partial charge in [0.2, 0.25) is 0 Å². The van der Waals surface area contributed by atoms with Gasteiger partial charge in [-0.15, -0.1) is 0 Å². The van der Waals surface area contributed by atoms with Crippen LogP contribution >= 0.6 is 0 Å². The first-order valence-corrected chi connectivity index (χ1v) is 8.83. The first kappa shape index (κ1) is 17.4. The van der Waals surface area contributed by atoms with Gasteiger partial charge in [-0.1, -0.05) is 11.6 Å². The molecule has 5 nitrogen and oxygen atoms in total. The number of piperidine rings is 1. The molecule has 132 valence electrons. The normalized spacial score (nSPS) is 15.9. The minimum absolute atomic E-state index is 0.0397. The van der Waals surface area contributed by atoms with Crippen molar-refractivity contribution in [3.05, 3.63) is 59.4 Å². The summed E-state index contributed by atoms with van der Waals surface area (Å²) in [5.74, 6) is -0.144. The van der Waals surface area contributed by atoms with E-state index in [2.05, 4.69) is 27.3 Å². The average molecular weight is 339 g/mol. The quantitative estimate of drug-likeness (QED) is 0.878. The Kier molecular flexibility index (Phi) is 5.66. The number of nitrogens with one attached hydrogen (secondary N) is 1. The minimum atomic E-state index is -0.184. The standard InChI is InChI=1S/C20H25N3O2/c1-15-2-3-19(24)18(14-15)20(25)22-17-7-12-23(13-8-17)11-6-16-4-9-21-10-5-16/h2-5,9-10,14,17,24H,6-8,11-13H2,1H3,(H,22,25). The molecule has 1 saturated heterocycles. The molecule has 1 aliphatic heterocycles. The van der Waals surface area contributed by atoms with Gasteiger partial charge in [-0.05, 0) is 56.0 Å². The maximum absolute atomic E-state index is 12.4. The lowest BCUT2D eigenvalue weighted by Gasteiger charge is -2.32. The number of amides is 1. The van der Waals surface area contributed by atoms with Gasteiger partial charge >= 0.3 is 0 Å². The number of rotatable bonds is 5. The predicted octanol–water partition coefficient (Wildman–Crippen LogP) is 2.53. The van der Waals surface area contributed by atoms with Gasteiger partial charge in [0.25, 0.3) is 5.91 Å². The molecular formula is C20H25N3O2. The van der Waals surface area contributed by atoms with Crippen molar-refractivity contribution in [3.8, 4) is 5.75 Å². The summed E-state index contributed by atoms with van der Waals surface area (Å²) in [5, 5.41) is 12.9. The molecule has 0 unspecified atom stereocenters. The molecule has 3 rings (SSSR count). The zero-order valence-corrected chi connectivity index (χ0v) is 14.6. The average Bonchev–Trinajstić information content (AvgIpc) is 2.64. The van der Waals surface area contributed by atoms with Crippen LogP contribution in [0.2, 0.25) is 0 Å². The van der Waals surface area contributed by atoms with Crippen LogP contribution in [0.3, 0.4) is 0 Å². The van der Waals surface area contributed by atoms with E-state index in [-0.39, 0.29) is 17.7 Å². The van der Waals surface area contributed by atoms with Crippen LogP contribution in [-0.4, -0.2) is 46.6 Å². The van der Waals surface area contributed by atoms with E-state index in [1.165, 1.54) is 5.56 Å². The molecular weight excluding hydrogens is 314 g/mol. The van der Waals surface area contributed by atoms with Crippen molar-refractivity contribution in [1.29, 1.82) is 0 Å². The lowest BCUT2D eigenvalue weighted by Crippen LogP contribution is -2.45. The summed E-state index contributed by atoms with van der Waals surface area (Å²) in [6.45, 7) is 4.91. The van der Waals surface area contributed by atoms with E-state index < -0.39 is 0 Å². The molecule has 0 spiro atoms. The Morgan fingerprint density at radius 2 is 1.96 bits per heavy atom. The molecule has 2 heterocycles. The fourth-order valence-corrected chi connectivity index (χ4v) is 3.23. The van der Waals surface area contributed by atoms with Crippen molar-refractivity contribution in [2.75, 3.05) is 19.6 Å². The SMILES string of the molecule is Cc1ccc(O)c(C(=O)NC2CCN(CCc3ccncc3)CC2)c1. The van der Waals surface area contributed by atoms with Gasteiger partial charge in [0.05, 0.1) is 5.56 Å². The van der Waals surface area contributed by atoms with Crippen molar-refractivity contribution < 1.29 is 9.90 Å². The third-order valence-electron chi connectivity index (χ3n) is 4.79. The van der Waals surface area contributed by atoms with Gasteiger partial charge in [-0.25, -0.2) is 0 Å². The number of nitrogens with zero attached hydrogens (tertiary/aromatic N) is 2. The van der Waals surface area contributed by atoms with Crippen molar-refractivity contribution in [1.82, 2.24) is 15.2 Å². The Bertz CT molecular complexity index is 710.